The van der Waals surface area contributed by atoms with Gasteiger partial charge in [0.15, 0.2) is 0 Å². The van der Waals surface area contributed by atoms with Crippen molar-refractivity contribution in [3.05, 3.63) is 20.8 Å². The quantitative estimate of drug-likeness (QED) is 0.774. The lowest BCUT2D eigenvalue weighted by Gasteiger charge is -2.23. The Morgan fingerprint density at radius 2 is 2.13 bits per heavy atom. The van der Waals surface area contributed by atoms with Gasteiger partial charge in [0.1, 0.15) is 0 Å². The van der Waals surface area contributed by atoms with Gasteiger partial charge in [-0.15, -0.1) is 11.3 Å². The third kappa shape index (κ3) is 3.47. The average molecular weight is 246 g/mol. The van der Waals surface area contributed by atoms with E-state index in [1.54, 1.807) is 11.3 Å². The van der Waals surface area contributed by atoms with E-state index in [0.29, 0.717) is 0 Å². The second kappa shape index (κ2) is 5.33. The van der Waals surface area contributed by atoms with Crippen molar-refractivity contribution in [2.24, 2.45) is 0 Å². The molecule has 0 radical (unpaired) electrons. The summed E-state index contributed by atoms with van der Waals surface area (Å²) in [5.41, 5.74) is 1.43. The molecule has 1 N–H and O–H groups in total. The molecule has 0 aliphatic carbocycles. The normalized spacial score (nSPS) is 12.1. The topological polar surface area (TPSA) is 12.0 Å². The molecule has 0 unspecified atom stereocenters. The first-order chi connectivity index (χ1) is 6.97. The molecule has 0 saturated heterocycles. The van der Waals surface area contributed by atoms with Crippen LogP contribution in [0, 0.1) is 6.92 Å². The molecule has 1 aromatic rings. The van der Waals surface area contributed by atoms with Gasteiger partial charge >= 0.3 is 0 Å². The van der Waals surface area contributed by atoms with Crippen LogP contribution in [0.5, 0.6) is 0 Å². The Bertz CT molecular complexity index is 298. The summed E-state index contributed by atoms with van der Waals surface area (Å²) in [5, 5.41) is 3.37. The van der Waals surface area contributed by atoms with Crippen LogP contribution in [0.4, 0.5) is 0 Å². The molecular formula is C12H20ClNS. The maximum atomic E-state index is 6.10. The molecule has 1 heterocycles. The number of thiophene rings is 1. The highest BCUT2D eigenvalue weighted by molar-refractivity contribution is 7.16. The molecule has 86 valence electrons. The molecule has 3 heteroatoms. The van der Waals surface area contributed by atoms with Crippen LogP contribution in [0.2, 0.25) is 4.34 Å². The van der Waals surface area contributed by atoms with Crippen LogP contribution in [0.15, 0.2) is 6.07 Å². The first-order valence-electron chi connectivity index (χ1n) is 5.44. The van der Waals surface area contributed by atoms with Crippen LogP contribution < -0.4 is 5.32 Å². The number of halogens is 1. The van der Waals surface area contributed by atoms with E-state index in [0.717, 1.165) is 23.8 Å². The molecule has 0 amide bonds. The van der Waals surface area contributed by atoms with Gasteiger partial charge in [-0.1, -0.05) is 32.4 Å². The molecule has 0 fully saturated rings. The minimum absolute atomic E-state index is 0.227. The van der Waals surface area contributed by atoms with Gasteiger partial charge in [-0.05, 0) is 38.1 Å². The summed E-state index contributed by atoms with van der Waals surface area (Å²) in [5.74, 6) is 0. The van der Waals surface area contributed by atoms with E-state index in [-0.39, 0.29) is 5.41 Å². The van der Waals surface area contributed by atoms with E-state index in [9.17, 15) is 0 Å². The highest BCUT2D eigenvalue weighted by atomic mass is 35.5. The average Bonchev–Trinajstić information content (AvgIpc) is 2.48. The molecule has 0 aliphatic rings. The SMILES string of the molecule is CCNCCC(C)(C)c1cc(C)c(Cl)s1. The Kier molecular flexibility index (Phi) is 4.63. The van der Waals surface area contributed by atoms with Crippen molar-refractivity contribution in [1.29, 1.82) is 0 Å². The first kappa shape index (κ1) is 13.0. The van der Waals surface area contributed by atoms with Crippen molar-refractivity contribution in [2.75, 3.05) is 13.1 Å². The Hall–Kier alpha value is -0.0500. The monoisotopic (exact) mass is 245 g/mol. The molecular weight excluding hydrogens is 226 g/mol. The van der Waals surface area contributed by atoms with Crippen LogP contribution in [0.3, 0.4) is 0 Å². The molecule has 1 aromatic heterocycles. The lowest BCUT2D eigenvalue weighted by Crippen LogP contribution is -2.24. The smallest absolute Gasteiger partial charge is 0.0960 e. The number of hydrogen-bond acceptors (Lipinski definition) is 2. The van der Waals surface area contributed by atoms with Gasteiger partial charge in [0.25, 0.3) is 0 Å². The standard InChI is InChI=1S/C12H20ClNS/c1-5-14-7-6-12(3,4)10-8-9(2)11(13)15-10/h8,14H,5-7H2,1-4H3. The second-order valence-electron chi connectivity index (χ2n) is 4.55. The Labute approximate surface area is 102 Å². The summed E-state index contributed by atoms with van der Waals surface area (Å²) in [4.78, 5) is 1.39. The van der Waals surface area contributed by atoms with E-state index in [1.807, 2.05) is 0 Å². The van der Waals surface area contributed by atoms with Crippen molar-refractivity contribution in [1.82, 2.24) is 5.32 Å². The largest absolute Gasteiger partial charge is 0.317 e. The third-order valence-electron chi connectivity index (χ3n) is 2.70. The Morgan fingerprint density at radius 1 is 1.47 bits per heavy atom. The van der Waals surface area contributed by atoms with Crippen LogP contribution in [-0.2, 0) is 5.41 Å². The molecule has 1 nitrogen and oxygen atoms in total. The number of hydrogen-bond donors (Lipinski definition) is 1. The van der Waals surface area contributed by atoms with Crippen molar-refractivity contribution in [3.8, 4) is 0 Å². The van der Waals surface area contributed by atoms with Crippen LogP contribution in [-0.4, -0.2) is 13.1 Å². The van der Waals surface area contributed by atoms with E-state index in [2.05, 4.69) is 39.1 Å². The van der Waals surface area contributed by atoms with Gasteiger partial charge in [0, 0.05) is 10.3 Å². The molecule has 0 bridgehead atoms. The molecule has 0 atom stereocenters. The van der Waals surface area contributed by atoms with Crippen molar-refractivity contribution >= 4 is 22.9 Å². The molecule has 1 rings (SSSR count). The summed E-state index contributed by atoms with van der Waals surface area (Å²) in [6.07, 6.45) is 1.15. The summed E-state index contributed by atoms with van der Waals surface area (Å²) in [7, 11) is 0. The maximum Gasteiger partial charge on any atom is 0.0960 e. The van der Waals surface area contributed by atoms with Crippen LogP contribution in [0.25, 0.3) is 0 Å². The minimum Gasteiger partial charge on any atom is -0.317 e. The fourth-order valence-corrected chi connectivity index (χ4v) is 2.83. The first-order valence-corrected chi connectivity index (χ1v) is 6.64. The molecule has 0 saturated carbocycles. The molecule has 0 aromatic carbocycles. The third-order valence-corrected chi connectivity index (χ3v) is 4.62. The highest BCUT2D eigenvalue weighted by Gasteiger charge is 2.22. The van der Waals surface area contributed by atoms with Crippen molar-refractivity contribution in [2.45, 2.75) is 39.5 Å². The van der Waals surface area contributed by atoms with E-state index >= 15 is 0 Å². The number of rotatable bonds is 5. The van der Waals surface area contributed by atoms with Gasteiger partial charge in [-0.2, -0.15) is 0 Å². The minimum atomic E-state index is 0.227. The number of aryl methyl sites for hydroxylation is 1. The lowest BCUT2D eigenvalue weighted by atomic mass is 9.87. The predicted molar refractivity (Wildman–Crippen MR) is 70.3 cm³/mol. The summed E-state index contributed by atoms with van der Waals surface area (Å²) < 4.78 is 0.932. The van der Waals surface area contributed by atoms with Crippen molar-refractivity contribution in [3.63, 3.8) is 0 Å². The highest BCUT2D eigenvalue weighted by Crippen LogP contribution is 2.36. The zero-order chi connectivity index (χ0) is 11.5. The molecule has 0 aliphatic heterocycles. The van der Waals surface area contributed by atoms with Gasteiger partial charge in [0.05, 0.1) is 4.34 Å². The van der Waals surface area contributed by atoms with E-state index < -0.39 is 0 Å². The summed E-state index contributed by atoms with van der Waals surface area (Å²) in [6, 6.07) is 2.22. The molecule has 0 spiro atoms. The second-order valence-corrected chi connectivity index (χ2v) is 6.21. The number of nitrogens with one attached hydrogen (secondary N) is 1. The van der Waals surface area contributed by atoms with Gasteiger partial charge in [-0.25, -0.2) is 0 Å². The Balaban J connectivity index is 2.67. The van der Waals surface area contributed by atoms with Crippen LogP contribution >= 0.6 is 22.9 Å². The van der Waals surface area contributed by atoms with Gasteiger partial charge in [-0.3, -0.25) is 0 Å². The lowest BCUT2D eigenvalue weighted by molar-refractivity contribution is 0.469. The molecule has 15 heavy (non-hydrogen) atoms. The van der Waals surface area contributed by atoms with E-state index in [4.69, 9.17) is 11.6 Å². The Morgan fingerprint density at radius 3 is 2.60 bits per heavy atom. The summed E-state index contributed by atoms with van der Waals surface area (Å²) >= 11 is 7.82. The van der Waals surface area contributed by atoms with Gasteiger partial charge < -0.3 is 5.32 Å². The zero-order valence-electron chi connectivity index (χ0n) is 9.98. The summed E-state index contributed by atoms with van der Waals surface area (Å²) in [6.45, 7) is 10.9. The van der Waals surface area contributed by atoms with Crippen LogP contribution in [0.1, 0.15) is 37.6 Å². The van der Waals surface area contributed by atoms with Crippen molar-refractivity contribution < 1.29 is 0 Å². The fourth-order valence-electron chi connectivity index (χ4n) is 1.49. The van der Waals surface area contributed by atoms with E-state index in [1.165, 1.54) is 10.4 Å². The zero-order valence-corrected chi connectivity index (χ0v) is 11.6. The predicted octanol–water partition coefficient (Wildman–Crippen LogP) is 3.99. The maximum absolute atomic E-state index is 6.10. The fraction of sp³-hybridized carbons (Fsp3) is 0.667. The van der Waals surface area contributed by atoms with Gasteiger partial charge in [0.2, 0.25) is 0 Å².